The van der Waals surface area contributed by atoms with Crippen LogP contribution in [0, 0.1) is 6.92 Å². The maximum atomic E-state index is 12.0. The number of phenolic OH excluding ortho intramolecular Hbond substituents is 1. The number of benzene rings is 2. The molecule has 0 aliphatic carbocycles. The third-order valence-electron chi connectivity index (χ3n) is 3.27. The Bertz CT molecular complexity index is 871. The lowest BCUT2D eigenvalue weighted by Gasteiger charge is -2.01. The zero-order chi connectivity index (χ0) is 14.8. The Kier molecular flexibility index (Phi) is 3.32. The lowest BCUT2D eigenvalue weighted by Crippen LogP contribution is -2.00. The van der Waals surface area contributed by atoms with Crippen molar-refractivity contribution in [3.8, 4) is 5.75 Å². The van der Waals surface area contributed by atoms with E-state index in [9.17, 15) is 9.90 Å². The van der Waals surface area contributed by atoms with Gasteiger partial charge in [0, 0.05) is 6.07 Å². The predicted octanol–water partition coefficient (Wildman–Crippen LogP) is 3.98. The van der Waals surface area contributed by atoms with E-state index in [0.29, 0.717) is 11.3 Å². The van der Waals surface area contributed by atoms with E-state index in [1.165, 1.54) is 17.7 Å². The highest BCUT2D eigenvalue weighted by Gasteiger charge is 2.06. The van der Waals surface area contributed by atoms with Crippen LogP contribution in [0.1, 0.15) is 16.9 Å². The summed E-state index contributed by atoms with van der Waals surface area (Å²) < 4.78 is 5.62. The van der Waals surface area contributed by atoms with Gasteiger partial charge in [0.1, 0.15) is 22.5 Å². The first-order valence-corrected chi connectivity index (χ1v) is 6.64. The van der Waals surface area contributed by atoms with Crippen LogP contribution in [-0.4, -0.2) is 5.11 Å². The van der Waals surface area contributed by atoms with Crippen LogP contribution in [0.5, 0.6) is 5.75 Å². The molecule has 0 fully saturated rings. The van der Waals surface area contributed by atoms with Gasteiger partial charge in [-0.15, -0.1) is 0 Å². The molecule has 0 aliphatic heterocycles. The van der Waals surface area contributed by atoms with Crippen molar-refractivity contribution in [2.45, 2.75) is 6.92 Å². The van der Waals surface area contributed by atoms with Gasteiger partial charge in [-0.05, 0) is 30.7 Å². The first kappa shape index (κ1) is 13.2. The maximum Gasteiger partial charge on any atom is 0.197 e. The maximum absolute atomic E-state index is 12.0. The van der Waals surface area contributed by atoms with Gasteiger partial charge in [-0.1, -0.05) is 42.0 Å². The van der Waals surface area contributed by atoms with Gasteiger partial charge >= 0.3 is 0 Å². The molecule has 0 atom stereocenters. The van der Waals surface area contributed by atoms with Crippen molar-refractivity contribution in [1.82, 2.24) is 0 Å². The Balaban J connectivity index is 2.02. The summed E-state index contributed by atoms with van der Waals surface area (Å²) in [7, 11) is 0. The summed E-state index contributed by atoms with van der Waals surface area (Å²) in [6.45, 7) is 2.03. The molecule has 1 aromatic heterocycles. The van der Waals surface area contributed by atoms with Crippen molar-refractivity contribution in [2.24, 2.45) is 0 Å². The minimum absolute atomic E-state index is 0.0599. The summed E-state index contributed by atoms with van der Waals surface area (Å²) in [6.07, 6.45) is 3.63. The van der Waals surface area contributed by atoms with Crippen molar-refractivity contribution in [3.63, 3.8) is 0 Å². The average molecular weight is 278 g/mol. The molecular weight excluding hydrogens is 264 g/mol. The van der Waals surface area contributed by atoms with Crippen molar-refractivity contribution in [2.75, 3.05) is 0 Å². The monoisotopic (exact) mass is 278 g/mol. The molecule has 104 valence electrons. The Labute approximate surface area is 121 Å². The average Bonchev–Trinajstić information content (AvgIpc) is 2.46. The number of rotatable bonds is 2. The van der Waals surface area contributed by atoms with Gasteiger partial charge in [-0.2, -0.15) is 0 Å². The molecule has 0 amide bonds. The van der Waals surface area contributed by atoms with E-state index >= 15 is 0 Å². The number of aromatic hydroxyl groups is 1. The minimum Gasteiger partial charge on any atom is -0.507 e. The molecule has 0 saturated carbocycles. The van der Waals surface area contributed by atoms with Crippen LogP contribution in [0.3, 0.4) is 0 Å². The Morgan fingerprint density at radius 1 is 1.05 bits per heavy atom. The molecule has 21 heavy (non-hydrogen) atoms. The largest absolute Gasteiger partial charge is 0.507 e. The lowest BCUT2D eigenvalue weighted by atomic mass is 10.1. The van der Waals surface area contributed by atoms with E-state index in [1.54, 1.807) is 18.2 Å². The van der Waals surface area contributed by atoms with Crippen molar-refractivity contribution < 1.29 is 9.52 Å². The van der Waals surface area contributed by atoms with E-state index < -0.39 is 0 Å². The highest BCUT2D eigenvalue weighted by atomic mass is 16.3. The van der Waals surface area contributed by atoms with Gasteiger partial charge < -0.3 is 9.52 Å². The first-order valence-electron chi connectivity index (χ1n) is 6.64. The molecule has 0 spiro atoms. The van der Waals surface area contributed by atoms with Gasteiger partial charge in [-0.25, -0.2) is 0 Å². The molecule has 0 aliphatic rings. The summed E-state index contributed by atoms with van der Waals surface area (Å²) in [5.41, 5.74) is 2.35. The number of aryl methyl sites for hydroxylation is 1. The van der Waals surface area contributed by atoms with Gasteiger partial charge in [0.15, 0.2) is 5.43 Å². The van der Waals surface area contributed by atoms with Crippen LogP contribution in [0.4, 0.5) is 0 Å². The van der Waals surface area contributed by atoms with Gasteiger partial charge in [0.2, 0.25) is 0 Å². The highest BCUT2D eigenvalue weighted by molar-refractivity contribution is 5.84. The highest BCUT2D eigenvalue weighted by Crippen LogP contribution is 2.22. The minimum atomic E-state index is -0.252. The van der Waals surface area contributed by atoms with E-state index in [4.69, 9.17) is 4.42 Å². The number of phenols is 1. The zero-order valence-corrected chi connectivity index (χ0v) is 11.5. The molecule has 0 radical (unpaired) electrons. The molecule has 3 rings (SSSR count). The van der Waals surface area contributed by atoms with E-state index in [-0.39, 0.29) is 16.6 Å². The standard InChI is InChI=1S/C18H14O3/c1-12-5-7-13(8-6-12)9-10-14-11-16(20)18-15(19)3-2-4-17(18)21-14/h2-11,19H,1H3/b10-9+. The molecule has 3 heteroatoms. The fourth-order valence-corrected chi connectivity index (χ4v) is 2.15. The molecule has 0 unspecified atom stereocenters. The molecule has 0 saturated heterocycles. The second-order valence-electron chi connectivity index (χ2n) is 4.91. The fraction of sp³-hybridized carbons (Fsp3) is 0.0556. The van der Waals surface area contributed by atoms with Crippen LogP contribution in [0.15, 0.2) is 57.7 Å². The predicted molar refractivity (Wildman–Crippen MR) is 84.3 cm³/mol. The molecule has 1 N–H and O–H groups in total. The van der Waals surface area contributed by atoms with Crippen molar-refractivity contribution in [1.29, 1.82) is 0 Å². The summed E-state index contributed by atoms with van der Waals surface area (Å²) in [5, 5.41) is 9.91. The SMILES string of the molecule is Cc1ccc(/C=C/c2cc(=O)c3c(O)cccc3o2)cc1. The fourth-order valence-electron chi connectivity index (χ4n) is 2.15. The van der Waals surface area contributed by atoms with Crippen molar-refractivity contribution >= 4 is 23.1 Å². The molecule has 0 bridgehead atoms. The van der Waals surface area contributed by atoms with Gasteiger partial charge in [0.05, 0.1) is 0 Å². The Hall–Kier alpha value is -2.81. The topological polar surface area (TPSA) is 50.4 Å². The van der Waals surface area contributed by atoms with Crippen LogP contribution in [0.2, 0.25) is 0 Å². The molecule has 3 aromatic rings. The molecular formula is C18H14O3. The van der Waals surface area contributed by atoms with E-state index in [1.807, 2.05) is 37.3 Å². The smallest absolute Gasteiger partial charge is 0.197 e. The first-order chi connectivity index (χ1) is 10.1. The molecule has 1 heterocycles. The van der Waals surface area contributed by atoms with Gasteiger partial charge in [-0.3, -0.25) is 4.79 Å². The molecule has 3 nitrogen and oxygen atoms in total. The summed E-state index contributed by atoms with van der Waals surface area (Å²) in [4.78, 5) is 12.0. The third kappa shape index (κ3) is 2.72. The Morgan fingerprint density at radius 3 is 2.57 bits per heavy atom. The van der Waals surface area contributed by atoms with Crippen LogP contribution in [0.25, 0.3) is 23.1 Å². The van der Waals surface area contributed by atoms with Crippen LogP contribution >= 0.6 is 0 Å². The van der Waals surface area contributed by atoms with Crippen LogP contribution < -0.4 is 5.43 Å². The second kappa shape index (κ2) is 5.29. The summed E-state index contributed by atoms with van der Waals surface area (Å²) >= 11 is 0. The number of hydrogen-bond acceptors (Lipinski definition) is 3. The lowest BCUT2D eigenvalue weighted by molar-refractivity contribution is 0.479. The number of hydrogen-bond donors (Lipinski definition) is 1. The van der Waals surface area contributed by atoms with Gasteiger partial charge in [0.25, 0.3) is 0 Å². The summed E-state index contributed by atoms with van der Waals surface area (Å²) in [5.74, 6) is 0.397. The van der Waals surface area contributed by atoms with E-state index in [2.05, 4.69) is 0 Å². The quantitative estimate of drug-likeness (QED) is 0.771. The molecule has 2 aromatic carbocycles. The second-order valence-corrected chi connectivity index (χ2v) is 4.91. The normalized spacial score (nSPS) is 11.3. The Morgan fingerprint density at radius 2 is 1.81 bits per heavy atom. The number of fused-ring (bicyclic) bond motifs is 1. The van der Waals surface area contributed by atoms with E-state index in [0.717, 1.165) is 5.56 Å². The van der Waals surface area contributed by atoms with Crippen molar-refractivity contribution in [3.05, 3.63) is 75.6 Å². The zero-order valence-electron chi connectivity index (χ0n) is 11.5. The third-order valence-corrected chi connectivity index (χ3v) is 3.27. The van der Waals surface area contributed by atoms with Crippen LogP contribution in [-0.2, 0) is 0 Å². The summed E-state index contributed by atoms with van der Waals surface area (Å²) in [6, 6.07) is 14.2.